The Labute approximate surface area is 262 Å². The van der Waals surface area contributed by atoms with Crippen molar-refractivity contribution >= 4 is 49.9 Å². The molecule has 0 aromatic carbocycles. The van der Waals surface area contributed by atoms with E-state index >= 15 is 0 Å². The summed E-state index contributed by atoms with van der Waals surface area (Å²) in [5, 5.41) is 0. The Morgan fingerprint density at radius 3 is 0.615 bits per heavy atom. The normalized spacial score (nSPS) is 11.5. The lowest BCUT2D eigenvalue weighted by molar-refractivity contribution is 0.542. The molecule has 0 rings (SSSR count). The van der Waals surface area contributed by atoms with Crippen molar-refractivity contribution in [2.45, 2.75) is 201 Å². The van der Waals surface area contributed by atoms with E-state index < -0.39 is 49.9 Å². The van der Waals surface area contributed by atoms with Gasteiger partial charge in [-0.15, -0.1) is 0 Å². The minimum atomic E-state index is -1.30. The minimum absolute atomic E-state index is 0. The van der Waals surface area contributed by atoms with E-state index in [9.17, 15) is 0 Å². The number of hydrogen-bond donors (Lipinski definition) is 0. The largest absolute Gasteiger partial charge is 0.456 e. The first kappa shape index (κ1) is 63.4. The van der Waals surface area contributed by atoms with Crippen molar-refractivity contribution in [1.82, 2.24) is 0 Å². The van der Waals surface area contributed by atoms with Crippen LogP contribution in [-0.2, 0) is 12.3 Å². The van der Waals surface area contributed by atoms with Crippen molar-refractivity contribution in [3.63, 3.8) is 0 Å². The molecule has 0 aliphatic heterocycles. The smallest absolute Gasteiger partial charge is 0.173 e. The highest BCUT2D eigenvalue weighted by molar-refractivity contribution is 6.85. The van der Waals surface area contributed by atoms with Crippen LogP contribution in [0.4, 0.5) is 0 Å². The summed E-state index contributed by atoms with van der Waals surface area (Å²) in [7, 11) is -7.62. The molecule has 39 heavy (non-hydrogen) atoms. The zero-order valence-corrected chi connectivity index (χ0v) is 32.5. The van der Waals surface area contributed by atoms with Gasteiger partial charge < -0.3 is 12.3 Å². The molecule has 252 valence electrons. The molecule has 0 heterocycles. The molecule has 0 aliphatic carbocycles. The van der Waals surface area contributed by atoms with E-state index in [0.29, 0.717) is 0 Å². The van der Waals surface area contributed by atoms with Crippen molar-refractivity contribution in [2.24, 2.45) is 0 Å². The van der Waals surface area contributed by atoms with E-state index in [0.717, 1.165) is 0 Å². The second-order valence-corrected chi connectivity index (χ2v) is 41.9. The fourth-order valence-electron chi connectivity index (χ4n) is 3.88. The first-order valence-corrected chi connectivity index (χ1v) is 33.2. The van der Waals surface area contributed by atoms with Crippen LogP contribution in [0.15, 0.2) is 0 Å². The van der Waals surface area contributed by atoms with Crippen LogP contribution in [0.1, 0.15) is 84.1 Å². The summed E-state index contributed by atoms with van der Waals surface area (Å²) in [6.45, 7) is 41.1. The predicted octanol–water partition coefficient (Wildman–Crippen LogP) is 14.2. The van der Waals surface area contributed by atoms with E-state index in [-0.39, 0.29) is 44.6 Å². The summed E-state index contributed by atoms with van der Waals surface area (Å²) in [6, 6.07) is 2.65. The SMILES string of the molecule is C.C.C.C.C.C.CCCC[Si](C)(C)O[Si](C)(C)C.CCCC[Si](C)(C)O[Si](C)(C)C.C[Si](C)(C)O[Si](C)(C)C. The molecule has 0 N–H and O–H groups in total. The molecule has 0 aromatic rings. The minimum Gasteiger partial charge on any atom is -0.456 e. The maximum Gasteiger partial charge on any atom is 0.173 e. The highest BCUT2D eigenvalue weighted by Gasteiger charge is 2.29. The van der Waals surface area contributed by atoms with Gasteiger partial charge in [0.2, 0.25) is 0 Å². The molecule has 0 bridgehead atoms. The van der Waals surface area contributed by atoms with Crippen LogP contribution in [0.25, 0.3) is 0 Å². The van der Waals surface area contributed by atoms with Gasteiger partial charge in [0.25, 0.3) is 0 Å². The lowest BCUT2D eigenvalue weighted by atomic mass is 10.4. The first-order valence-electron chi connectivity index (χ1n) is 13.3. The van der Waals surface area contributed by atoms with E-state index in [1.807, 2.05) is 0 Å². The van der Waals surface area contributed by atoms with Gasteiger partial charge in [-0.05, 0) is 117 Å². The summed E-state index contributed by atoms with van der Waals surface area (Å²) in [5.74, 6) is 0. The molecule has 0 aliphatic rings. The Balaban J connectivity index is -0.0000000463. The molecule has 0 saturated heterocycles. The van der Waals surface area contributed by atoms with Gasteiger partial charge in [0, 0.05) is 0 Å². The molecule has 0 radical (unpaired) electrons. The predicted molar refractivity (Wildman–Crippen MR) is 211 cm³/mol. The zero-order valence-electron chi connectivity index (χ0n) is 26.5. The maximum absolute atomic E-state index is 6.20. The average molecular weight is 668 g/mol. The van der Waals surface area contributed by atoms with Gasteiger partial charge in [0.1, 0.15) is 0 Å². The molecule has 0 unspecified atom stereocenters. The highest BCUT2D eigenvalue weighted by Crippen LogP contribution is 2.21. The monoisotopic (exact) mass is 667 g/mol. The first-order chi connectivity index (χ1) is 14.2. The molecular formula is C30H90O3Si6. The Morgan fingerprint density at radius 2 is 0.513 bits per heavy atom. The lowest BCUT2D eigenvalue weighted by Crippen LogP contribution is -2.42. The zero-order chi connectivity index (χ0) is 27.4. The molecule has 0 amide bonds. The van der Waals surface area contributed by atoms with Gasteiger partial charge in [-0.2, -0.15) is 0 Å². The van der Waals surface area contributed by atoms with Crippen molar-refractivity contribution in [2.75, 3.05) is 0 Å². The van der Waals surface area contributed by atoms with Crippen LogP contribution in [0.3, 0.4) is 0 Å². The van der Waals surface area contributed by atoms with Crippen LogP contribution in [0, 0.1) is 0 Å². The molecule has 3 nitrogen and oxygen atoms in total. The van der Waals surface area contributed by atoms with Gasteiger partial charge in [0.15, 0.2) is 49.9 Å². The van der Waals surface area contributed by atoms with Gasteiger partial charge in [-0.3, -0.25) is 0 Å². The summed E-state index contributed by atoms with van der Waals surface area (Å²) in [4.78, 5) is 0. The van der Waals surface area contributed by atoms with Crippen LogP contribution >= 0.6 is 0 Å². The molecule has 0 saturated carbocycles. The fourth-order valence-corrected chi connectivity index (χ4v) is 27.7. The van der Waals surface area contributed by atoms with Crippen molar-refractivity contribution in [3.05, 3.63) is 0 Å². The number of hydrogen-bond acceptors (Lipinski definition) is 3. The van der Waals surface area contributed by atoms with E-state index in [2.05, 4.69) is 119 Å². The van der Waals surface area contributed by atoms with E-state index in [1.165, 1.54) is 37.8 Å². The van der Waals surface area contributed by atoms with Gasteiger partial charge in [0.05, 0.1) is 0 Å². The van der Waals surface area contributed by atoms with Gasteiger partial charge >= 0.3 is 0 Å². The van der Waals surface area contributed by atoms with Crippen LogP contribution in [0.5, 0.6) is 0 Å². The van der Waals surface area contributed by atoms with Crippen molar-refractivity contribution < 1.29 is 12.3 Å². The molecular weight excluding hydrogens is 577 g/mol. The molecule has 0 fully saturated rings. The maximum atomic E-state index is 6.20. The number of rotatable bonds is 12. The quantitative estimate of drug-likeness (QED) is 0.194. The Kier molecular flexibility index (Phi) is 43.6. The summed E-state index contributed by atoms with van der Waals surface area (Å²) < 4.78 is 18.3. The summed E-state index contributed by atoms with van der Waals surface area (Å²) >= 11 is 0. The third-order valence-electron chi connectivity index (χ3n) is 4.04. The van der Waals surface area contributed by atoms with E-state index in [1.54, 1.807) is 0 Å². The van der Waals surface area contributed by atoms with Crippen molar-refractivity contribution in [1.29, 1.82) is 0 Å². The highest BCUT2D eigenvalue weighted by atomic mass is 28.4. The fraction of sp³-hybridized carbons (Fsp3) is 1.00. The molecule has 0 spiro atoms. The molecule has 0 aromatic heterocycles. The van der Waals surface area contributed by atoms with Gasteiger partial charge in [-0.25, -0.2) is 0 Å². The van der Waals surface area contributed by atoms with Crippen LogP contribution < -0.4 is 0 Å². The van der Waals surface area contributed by atoms with E-state index in [4.69, 9.17) is 12.3 Å². The Bertz CT molecular complexity index is 443. The van der Waals surface area contributed by atoms with Crippen molar-refractivity contribution in [3.8, 4) is 0 Å². The topological polar surface area (TPSA) is 27.7 Å². The molecule has 0 atom stereocenters. The second kappa shape index (κ2) is 26.8. The van der Waals surface area contributed by atoms with Crippen LogP contribution in [-0.4, -0.2) is 49.9 Å². The summed E-state index contributed by atoms with van der Waals surface area (Å²) in [5.41, 5.74) is 0. The second-order valence-electron chi connectivity index (χ2n) is 14.5. The lowest BCUT2D eigenvalue weighted by Gasteiger charge is -2.31. The third kappa shape index (κ3) is 63.6. The summed E-state index contributed by atoms with van der Waals surface area (Å²) in [6.07, 6.45) is 5.27. The Morgan fingerprint density at radius 1 is 0.333 bits per heavy atom. The molecule has 9 heteroatoms. The Hall–Kier alpha value is 1.18. The standard InChI is InChI=1S/2C9H24OSi2.C6H18OSi2.6CH4/c2*1-7-8-9-12(5,6)10-11(2,3)4;1-8(2,3)7-9(4,5)6;;;;;;/h2*7-9H2,1-6H3;1-6H3;6*1H4. The average Bonchev–Trinajstić information content (AvgIpc) is 2.44. The third-order valence-corrected chi connectivity index (χ3v) is 21.4. The van der Waals surface area contributed by atoms with Gasteiger partial charge in [-0.1, -0.05) is 84.1 Å². The van der Waals surface area contributed by atoms with Crippen LogP contribution in [0.2, 0.25) is 117 Å². The number of unbranched alkanes of at least 4 members (excludes halogenated alkanes) is 2.